The van der Waals surface area contributed by atoms with Gasteiger partial charge in [0.2, 0.25) is 0 Å². The monoisotopic (exact) mass is 387 g/mol. The Morgan fingerprint density at radius 1 is 1.14 bits per heavy atom. The van der Waals surface area contributed by atoms with Gasteiger partial charge in [-0.2, -0.15) is 0 Å². The van der Waals surface area contributed by atoms with E-state index in [1.54, 1.807) is 4.90 Å². The van der Waals surface area contributed by atoms with Crippen LogP contribution in [0.25, 0.3) is 16.9 Å². The van der Waals surface area contributed by atoms with Crippen LogP contribution in [0.1, 0.15) is 53.0 Å². The Hall–Kier alpha value is -3.02. The molecule has 0 spiro atoms. The van der Waals surface area contributed by atoms with Crippen LogP contribution in [-0.2, 0) is 13.0 Å². The number of amides is 1. The number of fused-ring (bicyclic) bond motifs is 1. The fourth-order valence-electron chi connectivity index (χ4n) is 4.56. The summed E-state index contributed by atoms with van der Waals surface area (Å²) in [5.74, 6) is 0.797. The zero-order valence-corrected chi connectivity index (χ0v) is 16.9. The van der Waals surface area contributed by atoms with Crippen molar-refractivity contribution in [2.45, 2.75) is 45.6 Å². The Labute approximate surface area is 170 Å². The van der Waals surface area contributed by atoms with Gasteiger partial charge >= 0.3 is 0 Å². The zero-order valence-electron chi connectivity index (χ0n) is 16.9. The summed E-state index contributed by atoms with van der Waals surface area (Å²) in [6, 6.07) is 10.1. The Morgan fingerprint density at radius 3 is 2.79 bits per heavy atom. The predicted octanol–water partition coefficient (Wildman–Crippen LogP) is 3.96. The number of pyridine rings is 1. The van der Waals surface area contributed by atoms with Crippen molar-refractivity contribution in [3.05, 3.63) is 59.0 Å². The van der Waals surface area contributed by atoms with E-state index in [4.69, 9.17) is 4.98 Å². The molecule has 1 aliphatic heterocycles. The van der Waals surface area contributed by atoms with Gasteiger partial charge in [0, 0.05) is 30.4 Å². The number of carbonyl (C=O) groups is 1. The van der Waals surface area contributed by atoms with E-state index in [1.165, 1.54) is 25.7 Å². The molecule has 1 saturated carbocycles. The number of rotatable bonds is 4. The molecular formula is C23H25N5O. The van der Waals surface area contributed by atoms with Gasteiger partial charge in [0.05, 0.1) is 23.3 Å². The standard InChI is InChI=1S/C23H25N5O/c1-15-7-10-21(28-14-19(25-26-28)11-16-5-3-4-6-16)22(24-15)17-8-9-18-13-27(2)23(29)20(18)12-17/h7-10,12,14,16H,3-6,11,13H2,1-2H3. The number of benzene rings is 1. The van der Waals surface area contributed by atoms with Gasteiger partial charge < -0.3 is 4.90 Å². The van der Waals surface area contributed by atoms with E-state index < -0.39 is 0 Å². The van der Waals surface area contributed by atoms with Gasteiger partial charge in [-0.3, -0.25) is 9.78 Å². The van der Waals surface area contributed by atoms with Crippen molar-refractivity contribution in [1.29, 1.82) is 0 Å². The molecule has 1 aromatic carbocycles. The molecule has 2 aliphatic rings. The third-order valence-corrected chi connectivity index (χ3v) is 6.14. The first-order valence-electron chi connectivity index (χ1n) is 10.4. The molecule has 0 N–H and O–H groups in total. The van der Waals surface area contributed by atoms with E-state index in [1.807, 2.05) is 55.2 Å². The highest BCUT2D eigenvalue weighted by molar-refractivity contribution is 5.99. The predicted molar refractivity (Wildman–Crippen MR) is 111 cm³/mol. The largest absolute Gasteiger partial charge is 0.337 e. The number of nitrogens with zero attached hydrogens (tertiary/aromatic N) is 5. The van der Waals surface area contributed by atoms with Gasteiger partial charge in [-0.15, -0.1) is 5.10 Å². The highest BCUT2D eigenvalue weighted by Crippen LogP contribution is 2.31. The van der Waals surface area contributed by atoms with Gasteiger partial charge in [0.15, 0.2) is 0 Å². The summed E-state index contributed by atoms with van der Waals surface area (Å²) in [6.07, 6.45) is 8.27. The Bertz CT molecular complexity index is 1080. The number of hydrogen-bond donors (Lipinski definition) is 0. The van der Waals surface area contributed by atoms with Gasteiger partial charge in [0.25, 0.3) is 5.91 Å². The molecule has 0 atom stereocenters. The van der Waals surface area contributed by atoms with Crippen LogP contribution in [0.3, 0.4) is 0 Å². The van der Waals surface area contributed by atoms with Crippen molar-refractivity contribution >= 4 is 5.91 Å². The zero-order chi connectivity index (χ0) is 20.0. The van der Waals surface area contributed by atoms with Crippen LogP contribution in [0, 0.1) is 12.8 Å². The molecule has 6 nitrogen and oxygen atoms in total. The van der Waals surface area contributed by atoms with Gasteiger partial charge in [0.1, 0.15) is 0 Å². The van der Waals surface area contributed by atoms with Crippen molar-refractivity contribution in [2.75, 3.05) is 7.05 Å². The Kier molecular flexibility index (Phi) is 4.42. The van der Waals surface area contributed by atoms with Crippen LogP contribution < -0.4 is 0 Å². The van der Waals surface area contributed by atoms with Crippen LogP contribution in [0.5, 0.6) is 0 Å². The molecule has 0 unspecified atom stereocenters. The summed E-state index contributed by atoms with van der Waals surface area (Å²) < 4.78 is 1.83. The SMILES string of the molecule is Cc1ccc(-n2cc(CC3CCCC3)nn2)c(-c2ccc3c(c2)C(=O)N(C)C3)n1. The van der Waals surface area contributed by atoms with E-state index in [0.717, 1.165) is 51.8 Å². The van der Waals surface area contributed by atoms with Gasteiger partial charge in [-0.25, -0.2) is 4.68 Å². The number of hydrogen-bond acceptors (Lipinski definition) is 4. The van der Waals surface area contributed by atoms with E-state index >= 15 is 0 Å². The lowest BCUT2D eigenvalue weighted by Crippen LogP contribution is -2.17. The maximum atomic E-state index is 12.4. The maximum Gasteiger partial charge on any atom is 0.254 e. The average molecular weight is 387 g/mol. The quantitative estimate of drug-likeness (QED) is 0.680. The minimum atomic E-state index is 0.0654. The molecule has 5 rings (SSSR count). The molecule has 29 heavy (non-hydrogen) atoms. The highest BCUT2D eigenvalue weighted by atomic mass is 16.2. The number of aryl methyl sites for hydroxylation is 1. The lowest BCUT2D eigenvalue weighted by molar-refractivity contribution is 0.0816. The van der Waals surface area contributed by atoms with E-state index in [2.05, 4.69) is 10.3 Å². The lowest BCUT2D eigenvalue weighted by Gasteiger charge is -2.10. The first-order valence-corrected chi connectivity index (χ1v) is 10.4. The van der Waals surface area contributed by atoms with Crippen molar-refractivity contribution in [1.82, 2.24) is 24.9 Å². The summed E-state index contributed by atoms with van der Waals surface area (Å²) >= 11 is 0. The summed E-state index contributed by atoms with van der Waals surface area (Å²) in [4.78, 5) is 19.0. The topological polar surface area (TPSA) is 63.9 Å². The van der Waals surface area contributed by atoms with E-state index in [0.29, 0.717) is 6.54 Å². The number of carbonyl (C=O) groups excluding carboxylic acids is 1. The molecule has 0 saturated heterocycles. The van der Waals surface area contributed by atoms with Crippen molar-refractivity contribution in [3.63, 3.8) is 0 Å². The van der Waals surface area contributed by atoms with E-state index in [-0.39, 0.29) is 5.91 Å². The van der Waals surface area contributed by atoms with Gasteiger partial charge in [-0.05, 0) is 43.0 Å². The molecule has 0 radical (unpaired) electrons. The second kappa shape index (κ2) is 7.10. The molecule has 2 aromatic heterocycles. The van der Waals surface area contributed by atoms with Crippen LogP contribution in [0.4, 0.5) is 0 Å². The molecule has 3 heterocycles. The Balaban J connectivity index is 1.52. The molecule has 1 aliphatic carbocycles. The smallest absolute Gasteiger partial charge is 0.254 e. The second-order valence-corrected chi connectivity index (χ2v) is 8.36. The molecule has 0 bridgehead atoms. The van der Waals surface area contributed by atoms with Crippen LogP contribution in [0.2, 0.25) is 0 Å². The third kappa shape index (κ3) is 3.33. The maximum absolute atomic E-state index is 12.4. The summed E-state index contributed by atoms with van der Waals surface area (Å²) in [5, 5.41) is 8.81. The first kappa shape index (κ1) is 18.0. The fraction of sp³-hybridized carbons (Fsp3) is 0.391. The average Bonchev–Trinajstić information content (AvgIpc) is 3.45. The van der Waals surface area contributed by atoms with Crippen LogP contribution >= 0.6 is 0 Å². The van der Waals surface area contributed by atoms with Crippen molar-refractivity contribution < 1.29 is 4.79 Å². The summed E-state index contributed by atoms with van der Waals surface area (Å²) in [5.41, 5.74) is 6.44. The minimum Gasteiger partial charge on any atom is -0.337 e. The minimum absolute atomic E-state index is 0.0654. The first-order chi connectivity index (χ1) is 14.1. The third-order valence-electron chi connectivity index (χ3n) is 6.14. The normalized spacial score (nSPS) is 16.6. The fourth-order valence-corrected chi connectivity index (χ4v) is 4.56. The van der Waals surface area contributed by atoms with Crippen molar-refractivity contribution in [3.8, 4) is 16.9 Å². The molecule has 1 amide bonds. The number of aromatic nitrogens is 4. The molecule has 6 heteroatoms. The van der Waals surface area contributed by atoms with Crippen molar-refractivity contribution in [2.24, 2.45) is 5.92 Å². The highest BCUT2D eigenvalue weighted by Gasteiger charge is 2.25. The molecule has 3 aromatic rings. The molecule has 148 valence electrons. The van der Waals surface area contributed by atoms with Crippen LogP contribution in [0.15, 0.2) is 36.5 Å². The molecule has 1 fully saturated rings. The van der Waals surface area contributed by atoms with E-state index in [9.17, 15) is 4.79 Å². The summed E-state index contributed by atoms with van der Waals surface area (Å²) in [7, 11) is 1.83. The van der Waals surface area contributed by atoms with Crippen LogP contribution in [-0.4, -0.2) is 37.8 Å². The second-order valence-electron chi connectivity index (χ2n) is 8.36. The summed E-state index contributed by atoms with van der Waals surface area (Å²) in [6.45, 7) is 2.64. The molecular weight excluding hydrogens is 362 g/mol. The lowest BCUT2D eigenvalue weighted by atomic mass is 10.0. The Morgan fingerprint density at radius 2 is 1.97 bits per heavy atom. The van der Waals surface area contributed by atoms with Gasteiger partial charge in [-0.1, -0.05) is 43.0 Å².